The highest BCUT2D eigenvalue weighted by Gasteiger charge is 2.27. The van der Waals surface area contributed by atoms with Crippen LogP contribution in [0.1, 0.15) is 23.6 Å². The van der Waals surface area contributed by atoms with Crippen molar-refractivity contribution in [1.82, 2.24) is 4.90 Å². The van der Waals surface area contributed by atoms with E-state index in [9.17, 15) is 0 Å². The van der Waals surface area contributed by atoms with Gasteiger partial charge in [-0.15, -0.1) is 0 Å². The fraction of sp³-hybridized carbons (Fsp3) is 0.600. The van der Waals surface area contributed by atoms with Crippen molar-refractivity contribution in [3.05, 3.63) is 35.4 Å². The molecular weight excluding hydrogens is 240 g/mol. The molecule has 4 nitrogen and oxygen atoms in total. The molecule has 1 aliphatic heterocycles. The SMILES string of the molecule is COCc1ccccc1C(CN)N(C)C1CCOC1. The number of ether oxygens (including phenoxy) is 2. The van der Waals surface area contributed by atoms with Gasteiger partial charge in [0.15, 0.2) is 0 Å². The van der Waals surface area contributed by atoms with Gasteiger partial charge < -0.3 is 15.2 Å². The van der Waals surface area contributed by atoms with Crippen molar-refractivity contribution in [3.8, 4) is 0 Å². The van der Waals surface area contributed by atoms with Crippen molar-refractivity contribution < 1.29 is 9.47 Å². The van der Waals surface area contributed by atoms with Crippen LogP contribution in [0.15, 0.2) is 24.3 Å². The van der Waals surface area contributed by atoms with Gasteiger partial charge in [-0.25, -0.2) is 0 Å². The summed E-state index contributed by atoms with van der Waals surface area (Å²) in [6, 6.07) is 9.06. The summed E-state index contributed by atoms with van der Waals surface area (Å²) in [7, 11) is 3.86. The van der Waals surface area contributed by atoms with Crippen molar-refractivity contribution in [2.24, 2.45) is 5.73 Å². The van der Waals surface area contributed by atoms with E-state index < -0.39 is 0 Å². The average molecular weight is 264 g/mol. The lowest BCUT2D eigenvalue weighted by Crippen LogP contribution is -2.39. The molecule has 1 aromatic carbocycles. The molecule has 0 bridgehead atoms. The molecular formula is C15H24N2O2. The second kappa shape index (κ2) is 7.01. The zero-order valence-corrected chi connectivity index (χ0v) is 11.8. The van der Waals surface area contributed by atoms with Crippen LogP contribution in [0, 0.1) is 0 Å². The Morgan fingerprint density at radius 3 is 2.89 bits per heavy atom. The molecule has 1 aliphatic rings. The number of methoxy groups -OCH3 is 1. The first-order valence-electron chi connectivity index (χ1n) is 6.84. The fourth-order valence-electron chi connectivity index (χ4n) is 2.76. The lowest BCUT2D eigenvalue weighted by atomic mass is 9.98. The first kappa shape index (κ1) is 14.5. The van der Waals surface area contributed by atoms with Gasteiger partial charge in [0, 0.05) is 32.3 Å². The summed E-state index contributed by atoms with van der Waals surface area (Å²) in [5.41, 5.74) is 8.49. The van der Waals surface area contributed by atoms with Crippen LogP contribution >= 0.6 is 0 Å². The summed E-state index contributed by atoms with van der Waals surface area (Å²) in [6.45, 7) is 2.89. The molecule has 1 saturated heterocycles. The van der Waals surface area contributed by atoms with Crippen LogP contribution in [0.25, 0.3) is 0 Å². The van der Waals surface area contributed by atoms with E-state index in [0.717, 1.165) is 19.6 Å². The monoisotopic (exact) mass is 264 g/mol. The molecule has 0 aromatic heterocycles. The largest absolute Gasteiger partial charge is 0.380 e. The van der Waals surface area contributed by atoms with Gasteiger partial charge >= 0.3 is 0 Å². The standard InChI is InChI=1S/C15H24N2O2/c1-17(13-7-8-19-11-13)15(9-16)14-6-4-3-5-12(14)10-18-2/h3-6,13,15H,7-11,16H2,1-2H3. The Bertz CT molecular complexity index is 391. The molecule has 1 fully saturated rings. The van der Waals surface area contributed by atoms with Crippen molar-refractivity contribution in [2.45, 2.75) is 25.1 Å². The predicted octanol–water partition coefficient (Wildman–Crippen LogP) is 1.55. The van der Waals surface area contributed by atoms with Crippen molar-refractivity contribution in [1.29, 1.82) is 0 Å². The summed E-state index contributed by atoms with van der Waals surface area (Å²) >= 11 is 0. The predicted molar refractivity (Wildman–Crippen MR) is 75.9 cm³/mol. The highest BCUT2D eigenvalue weighted by Crippen LogP contribution is 2.26. The first-order chi connectivity index (χ1) is 9.27. The van der Waals surface area contributed by atoms with Gasteiger partial charge in [-0.2, -0.15) is 0 Å². The molecule has 2 rings (SSSR count). The van der Waals surface area contributed by atoms with Gasteiger partial charge in [-0.05, 0) is 24.6 Å². The highest BCUT2D eigenvalue weighted by molar-refractivity contribution is 5.30. The Morgan fingerprint density at radius 2 is 2.26 bits per heavy atom. The summed E-state index contributed by atoms with van der Waals surface area (Å²) in [6.07, 6.45) is 1.08. The van der Waals surface area contributed by atoms with E-state index in [4.69, 9.17) is 15.2 Å². The topological polar surface area (TPSA) is 47.7 Å². The van der Waals surface area contributed by atoms with Crippen molar-refractivity contribution in [2.75, 3.05) is 33.9 Å². The van der Waals surface area contributed by atoms with Crippen molar-refractivity contribution >= 4 is 0 Å². The zero-order chi connectivity index (χ0) is 13.7. The van der Waals surface area contributed by atoms with E-state index >= 15 is 0 Å². The van der Waals surface area contributed by atoms with Gasteiger partial charge in [0.05, 0.1) is 13.2 Å². The van der Waals surface area contributed by atoms with Crippen LogP contribution in [0.4, 0.5) is 0 Å². The normalized spacial score (nSPS) is 20.9. The maximum atomic E-state index is 6.02. The Hall–Kier alpha value is -0.940. The van der Waals surface area contributed by atoms with E-state index in [1.54, 1.807) is 7.11 Å². The molecule has 1 heterocycles. The number of benzene rings is 1. The lowest BCUT2D eigenvalue weighted by molar-refractivity contribution is 0.132. The van der Waals surface area contributed by atoms with Gasteiger partial charge in [0.1, 0.15) is 0 Å². The number of hydrogen-bond donors (Lipinski definition) is 1. The molecule has 0 spiro atoms. The molecule has 2 unspecified atom stereocenters. The molecule has 0 saturated carbocycles. The summed E-state index contributed by atoms with van der Waals surface area (Å²) < 4.78 is 10.8. The van der Waals surface area contributed by atoms with Crippen LogP contribution in [0.5, 0.6) is 0 Å². The molecule has 4 heteroatoms. The lowest BCUT2D eigenvalue weighted by Gasteiger charge is -2.33. The van der Waals surface area contributed by atoms with Crippen LogP contribution in [0.2, 0.25) is 0 Å². The van der Waals surface area contributed by atoms with Gasteiger partial charge in [-0.3, -0.25) is 4.90 Å². The third-order valence-corrected chi connectivity index (χ3v) is 3.91. The zero-order valence-electron chi connectivity index (χ0n) is 11.8. The van der Waals surface area contributed by atoms with E-state index in [-0.39, 0.29) is 6.04 Å². The highest BCUT2D eigenvalue weighted by atomic mass is 16.5. The number of rotatable bonds is 6. The van der Waals surface area contributed by atoms with Crippen LogP contribution in [0.3, 0.4) is 0 Å². The van der Waals surface area contributed by atoms with Gasteiger partial charge in [0.2, 0.25) is 0 Å². The number of nitrogens with zero attached hydrogens (tertiary/aromatic N) is 1. The molecule has 106 valence electrons. The maximum absolute atomic E-state index is 6.02. The Morgan fingerprint density at radius 1 is 1.47 bits per heavy atom. The number of likely N-dealkylation sites (N-methyl/N-ethyl adjacent to an activating group) is 1. The van der Waals surface area contributed by atoms with E-state index in [2.05, 4.69) is 30.1 Å². The minimum absolute atomic E-state index is 0.220. The second-order valence-corrected chi connectivity index (χ2v) is 5.07. The molecule has 2 N–H and O–H groups in total. The second-order valence-electron chi connectivity index (χ2n) is 5.07. The molecule has 1 aromatic rings. The maximum Gasteiger partial charge on any atom is 0.0716 e. The third-order valence-electron chi connectivity index (χ3n) is 3.91. The summed E-state index contributed by atoms with van der Waals surface area (Å²) in [5.74, 6) is 0. The molecule has 0 aliphatic carbocycles. The Labute approximate surface area is 115 Å². The number of nitrogens with two attached hydrogens (primary N) is 1. The fourth-order valence-corrected chi connectivity index (χ4v) is 2.76. The average Bonchev–Trinajstić information content (AvgIpc) is 2.95. The quantitative estimate of drug-likeness (QED) is 0.847. The minimum Gasteiger partial charge on any atom is -0.380 e. The van der Waals surface area contributed by atoms with Gasteiger partial charge in [0.25, 0.3) is 0 Å². The smallest absolute Gasteiger partial charge is 0.0716 e. The summed E-state index contributed by atoms with van der Waals surface area (Å²) in [5, 5.41) is 0. The van der Waals surface area contributed by atoms with Crippen LogP contribution in [-0.2, 0) is 16.1 Å². The Balaban J connectivity index is 2.20. The van der Waals surface area contributed by atoms with Crippen molar-refractivity contribution in [3.63, 3.8) is 0 Å². The van der Waals surface area contributed by atoms with E-state index in [1.165, 1.54) is 11.1 Å². The number of hydrogen-bond acceptors (Lipinski definition) is 4. The van der Waals surface area contributed by atoms with Crippen LogP contribution in [-0.4, -0.2) is 44.9 Å². The minimum atomic E-state index is 0.220. The molecule has 0 amide bonds. The van der Waals surface area contributed by atoms with Crippen LogP contribution < -0.4 is 5.73 Å². The molecule has 2 atom stereocenters. The molecule has 19 heavy (non-hydrogen) atoms. The third kappa shape index (κ3) is 3.34. The summed E-state index contributed by atoms with van der Waals surface area (Å²) in [4.78, 5) is 2.35. The van der Waals surface area contributed by atoms with E-state index in [1.807, 2.05) is 6.07 Å². The van der Waals surface area contributed by atoms with E-state index in [0.29, 0.717) is 19.2 Å². The molecule has 0 radical (unpaired) electrons. The van der Waals surface area contributed by atoms with Gasteiger partial charge in [-0.1, -0.05) is 24.3 Å². The first-order valence-corrected chi connectivity index (χ1v) is 6.84. The Kier molecular flexibility index (Phi) is 5.34.